The number of pyridine rings is 1. The molecule has 0 saturated heterocycles. The number of rotatable bonds is 3. The second-order valence-corrected chi connectivity index (χ2v) is 7.85. The van der Waals surface area contributed by atoms with Gasteiger partial charge >= 0.3 is 0 Å². The number of nitrogens with zero attached hydrogens (tertiary/aromatic N) is 1. The quantitative estimate of drug-likeness (QED) is 0.401. The molecule has 0 fully saturated rings. The normalized spacial score (nSPS) is 12.6. The lowest BCUT2D eigenvalue weighted by Gasteiger charge is -2.19. The minimum absolute atomic E-state index is 0.262. The van der Waals surface area contributed by atoms with Crippen molar-refractivity contribution in [3.05, 3.63) is 82.3 Å². The van der Waals surface area contributed by atoms with E-state index in [1.807, 2.05) is 24.3 Å². The van der Waals surface area contributed by atoms with Crippen LogP contribution in [0.5, 0.6) is 11.5 Å². The number of benzene rings is 3. The van der Waals surface area contributed by atoms with E-state index in [1.165, 1.54) is 0 Å². The number of halogens is 2. The SMILES string of the molecule is O=C(Nc1ccc2c(c1)OCCO2)c1cc(-c2ccc(Cl)cc2Cl)nc2ccccc12. The van der Waals surface area contributed by atoms with E-state index in [0.29, 0.717) is 62.8 Å². The predicted octanol–water partition coefficient (Wildman–Crippen LogP) is 6.23. The summed E-state index contributed by atoms with van der Waals surface area (Å²) in [6.45, 7) is 0.988. The number of carbonyl (C=O) groups is 1. The van der Waals surface area contributed by atoms with E-state index in [0.717, 1.165) is 5.39 Å². The molecule has 0 unspecified atom stereocenters. The molecule has 1 aliphatic rings. The van der Waals surface area contributed by atoms with Crippen LogP contribution in [-0.4, -0.2) is 24.1 Å². The van der Waals surface area contributed by atoms with Crippen molar-refractivity contribution in [2.24, 2.45) is 0 Å². The number of para-hydroxylation sites is 1. The summed E-state index contributed by atoms with van der Waals surface area (Å²) in [4.78, 5) is 18.0. The first-order valence-electron chi connectivity index (χ1n) is 9.65. The minimum atomic E-state index is -0.262. The molecule has 0 aliphatic carbocycles. The number of ether oxygens (including phenoxy) is 2. The van der Waals surface area contributed by atoms with Crippen LogP contribution in [-0.2, 0) is 0 Å². The van der Waals surface area contributed by atoms with Crippen LogP contribution < -0.4 is 14.8 Å². The van der Waals surface area contributed by atoms with Gasteiger partial charge in [-0.2, -0.15) is 0 Å². The van der Waals surface area contributed by atoms with Gasteiger partial charge < -0.3 is 14.8 Å². The van der Waals surface area contributed by atoms with Crippen LogP contribution in [0, 0.1) is 0 Å². The molecular weight excluding hydrogens is 435 g/mol. The number of hydrogen-bond acceptors (Lipinski definition) is 4. The van der Waals surface area contributed by atoms with E-state index in [4.69, 9.17) is 37.7 Å². The van der Waals surface area contributed by atoms with Crippen molar-refractivity contribution in [2.45, 2.75) is 0 Å². The molecule has 31 heavy (non-hydrogen) atoms. The third kappa shape index (κ3) is 3.90. The Morgan fingerprint density at radius 3 is 2.55 bits per heavy atom. The van der Waals surface area contributed by atoms with Crippen molar-refractivity contribution in [2.75, 3.05) is 18.5 Å². The fourth-order valence-electron chi connectivity index (χ4n) is 3.52. The van der Waals surface area contributed by atoms with Gasteiger partial charge in [-0.05, 0) is 42.5 Å². The molecule has 2 heterocycles. The molecule has 0 radical (unpaired) electrons. The van der Waals surface area contributed by atoms with Crippen LogP contribution in [0.25, 0.3) is 22.2 Å². The molecule has 0 spiro atoms. The molecule has 5 nitrogen and oxygen atoms in total. The number of aromatic nitrogens is 1. The second kappa shape index (κ2) is 8.10. The van der Waals surface area contributed by atoms with E-state index in [2.05, 4.69) is 5.32 Å². The maximum Gasteiger partial charge on any atom is 0.256 e. The average Bonchev–Trinajstić information content (AvgIpc) is 2.78. The Morgan fingerprint density at radius 1 is 0.903 bits per heavy atom. The number of amides is 1. The van der Waals surface area contributed by atoms with Gasteiger partial charge in [-0.25, -0.2) is 4.98 Å². The maximum absolute atomic E-state index is 13.3. The summed E-state index contributed by atoms with van der Waals surface area (Å²) in [5.41, 5.74) is 3.08. The fraction of sp³-hybridized carbons (Fsp3) is 0.0833. The largest absolute Gasteiger partial charge is 0.486 e. The summed E-state index contributed by atoms with van der Waals surface area (Å²) in [5.74, 6) is 1.01. The van der Waals surface area contributed by atoms with E-state index in [9.17, 15) is 4.79 Å². The van der Waals surface area contributed by atoms with Gasteiger partial charge in [0.25, 0.3) is 5.91 Å². The molecule has 1 amide bonds. The molecule has 3 aromatic carbocycles. The van der Waals surface area contributed by atoms with Crippen LogP contribution in [0.3, 0.4) is 0 Å². The number of anilines is 1. The third-order valence-corrected chi connectivity index (χ3v) is 5.52. The lowest BCUT2D eigenvalue weighted by molar-refractivity contribution is 0.102. The molecule has 1 N–H and O–H groups in total. The molecule has 4 aromatic rings. The zero-order valence-corrected chi connectivity index (χ0v) is 17.7. The topological polar surface area (TPSA) is 60.5 Å². The van der Waals surface area contributed by atoms with Gasteiger partial charge in [0.2, 0.25) is 0 Å². The molecular formula is C24H16Cl2N2O3. The van der Waals surface area contributed by atoms with Crippen LogP contribution in [0.1, 0.15) is 10.4 Å². The van der Waals surface area contributed by atoms with Crippen molar-refractivity contribution in [1.29, 1.82) is 0 Å². The summed E-state index contributed by atoms with van der Waals surface area (Å²) >= 11 is 12.4. The van der Waals surface area contributed by atoms with Crippen molar-refractivity contribution >= 4 is 45.7 Å². The van der Waals surface area contributed by atoms with Crippen LogP contribution in [0.15, 0.2) is 66.7 Å². The number of fused-ring (bicyclic) bond motifs is 2. The van der Waals surface area contributed by atoms with Crippen molar-refractivity contribution in [1.82, 2.24) is 4.98 Å². The Hall–Kier alpha value is -3.28. The summed E-state index contributed by atoms with van der Waals surface area (Å²) in [7, 11) is 0. The molecule has 7 heteroatoms. The first-order valence-corrected chi connectivity index (χ1v) is 10.4. The summed E-state index contributed by atoms with van der Waals surface area (Å²) < 4.78 is 11.2. The zero-order chi connectivity index (χ0) is 21.4. The number of nitrogens with one attached hydrogen (secondary N) is 1. The van der Waals surface area contributed by atoms with Crippen molar-refractivity contribution in [3.63, 3.8) is 0 Å². The Bertz CT molecular complexity index is 1320. The Labute approximate surface area is 188 Å². The molecule has 0 atom stereocenters. The Kier molecular flexibility index (Phi) is 5.14. The van der Waals surface area contributed by atoms with Gasteiger partial charge in [0.05, 0.1) is 21.8 Å². The summed E-state index contributed by atoms with van der Waals surface area (Å²) in [6.07, 6.45) is 0. The summed E-state index contributed by atoms with van der Waals surface area (Å²) in [6, 6.07) is 19.8. The van der Waals surface area contributed by atoms with Gasteiger partial charge in [-0.1, -0.05) is 41.4 Å². The number of carbonyl (C=O) groups excluding carboxylic acids is 1. The van der Waals surface area contributed by atoms with Gasteiger partial charge in [-0.3, -0.25) is 4.79 Å². The standard InChI is InChI=1S/C24H16Cl2N2O3/c25-14-5-7-17(19(26)11-14)21-13-18(16-3-1-2-4-20(16)28-21)24(29)27-15-6-8-22-23(12-15)31-10-9-30-22/h1-8,11-13H,9-10H2,(H,27,29). The van der Waals surface area contributed by atoms with Crippen LogP contribution >= 0.6 is 23.2 Å². The molecule has 0 saturated carbocycles. The Morgan fingerprint density at radius 2 is 1.71 bits per heavy atom. The monoisotopic (exact) mass is 450 g/mol. The van der Waals surface area contributed by atoms with E-state index >= 15 is 0 Å². The van der Waals surface area contributed by atoms with Gasteiger partial charge in [0, 0.05) is 27.7 Å². The highest BCUT2D eigenvalue weighted by Crippen LogP contribution is 2.34. The maximum atomic E-state index is 13.3. The van der Waals surface area contributed by atoms with Crippen LogP contribution in [0.4, 0.5) is 5.69 Å². The molecule has 154 valence electrons. The molecule has 1 aliphatic heterocycles. The second-order valence-electron chi connectivity index (χ2n) is 7.01. The van der Waals surface area contributed by atoms with Gasteiger partial charge in [-0.15, -0.1) is 0 Å². The van der Waals surface area contributed by atoms with Crippen molar-refractivity contribution in [3.8, 4) is 22.8 Å². The van der Waals surface area contributed by atoms with Gasteiger partial charge in [0.15, 0.2) is 11.5 Å². The first kappa shape index (κ1) is 19.7. The van der Waals surface area contributed by atoms with Gasteiger partial charge in [0.1, 0.15) is 13.2 Å². The lowest BCUT2D eigenvalue weighted by Crippen LogP contribution is -2.16. The van der Waals surface area contributed by atoms with E-state index < -0.39 is 0 Å². The minimum Gasteiger partial charge on any atom is -0.486 e. The lowest BCUT2D eigenvalue weighted by atomic mass is 10.0. The highest BCUT2D eigenvalue weighted by atomic mass is 35.5. The predicted molar refractivity (Wildman–Crippen MR) is 123 cm³/mol. The van der Waals surface area contributed by atoms with Crippen molar-refractivity contribution < 1.29 is 14.3 Å². The first-order chi connectivity index (χ1) is 15.1. The zero-order valence-electron chi connectivity index (χ0n) is 16.2. The molecule has 1 aromatic heterocycles. The smallest absolute Gasteiger partial charge is 0.256 e. The van der Waals surface area contributed by atoms with E-state index in [-0.39, 0.29) is 5.91 Å². The van der Waals surface area contributed by atoms with E-state index in [1.54, 1.807) is 42.5 Å². The van der Waals surface area contributed by atoms with Crippen LogP contribution in [0.2, 0.25) is 10.0 Å². The average molecular weight is 451 g/mol. The third-order valence-electron chi connectivity index (χ3n) is 4.97. The Balaban J connectivity index is 1.56. The summed E-state index contributed by atoms with van der Waals surface area (Å²) in [5, 5.41) is 4.69. The molecule has 5 rings (SSSR count). The highest BCUT2D eigenvalue weighted by Gasteiger charge is 2.17. The highest BCUT2D eigenvalue weighted by molar-refractivity contribution is 6.36. The number of hydrogen-bond donors (Lipinski definition) is 1. The fourth-order valence-corrected chi connectivity index (χ4v) is 4.02. The molecule has 0 bridgehead atoms.